The van der Waals surface area contributed by atoms with Crippen LogP contribution in [0.3, 0.4) is 0 Å². The molecule has 0 amide bonds. The van der Waals surface area contributed by atoms with Crippen molar-refractivity contribution in [2.24, 2.45) is 0 Å². The molecule has 0 saturated carbocycles. The zero-order valence-corrected chi connectivity index (χ0v) is 37.9. The molecule has 12 aromatic rings. The maximum absolute atomic E-state index is 8.93. The van der Waals surface area contributed by atoms with E-state index in [0.29, 0.717) is 28.6 Å². The van der Waals surface area contributed by atoms with Crippen molar-refractivity contribution in [3.05, 3.63) is 236 Å². The highest BCUT2D eigenvalue weighted by Crippen LogP contribution is 2.42. The first-order valence-electron chi connectivity index (χ1n) is 27.7. The van der Waals surface area contributed by atoms with E-state index in [2.05, 4.69) is 125 Å². The standard InChI is InChI=1S/C63H49N5O/c1-63(2,3)44-36-37-64-61(38-44)68-59-35-32-46(67-57-30-14-10-24-51(57)52-25-11-15-31-58(52)67)40-54(59)53-34-33-48(41-60(53)68)69-47-23-16-22-45(39-47)65-55-28-12-13-29-56(55)66-62-49(42-18-6-4-7-19-42)26-17-27-50(62)43-20-8-5-9-21-43/h4-41,65-66H,1-3H3/i4D,5D,6D,7D,8D,9D,18D,19D,20D,21D. The van der Waals surface area contributed by atoms with Crippen LogP contribution in [0.1, 0.15) is 40.0 Å². The third-order valence-corrected chi connectivity index (χ3v) is 12.5. The molecule has 12 rings (SSSR count). The summed E-state index contributed by atoms with van der Waals surface area (Å²) in [5, 5.41) is 11.4. The van der Waals surface area contributed by atoms with Gasteiger partial charge < -0.3 is 19.9 Å². The highest BCUT2D eigenvalue weighted by atomic mass is 16.5. The normalized spacial score (nSPS) is 13.7. The number of nitrogens with one attached hydrogen (secondary N) is 2. The van der Waals surface area contributed by atoms with Gasteiger partial charge in [0.2, 0.25) is 0 Å². The summed E-state index contributed by atoms with van der Waals surface area (Å²) in [5.74, 6) is 1.91. The first kappa shape index (κ1) is 31.9. The second kappa shape index (κ2) is 17.1. The molecule has 6 heteroatoms. The maximum Gasteiger partial charge on any atom is 0.137 e. The van der Waals surface area contributed by atoms with Crippen molar-refractivity contribution in [3.8, 4) is 45.3 Å². The van der Waals surface area contributed by atoms with Crippen molar-refractivity contribution in [1.82, 2.24) is 14.1 Å². The minimum atomic E-state index is -0.566. The summed E-state index contributed by atoms with van der Waals surface area (Å²) >= 11 is 0. The van der Waals surface area contributed by atoms with Crippen LogP contribution in [-0.4, -0.2) is 14.1 Å². The summed E-state index contributed by atoms with van der Waals surface area (Å²) in [6, 6.07) is 48.1. The highest BCUT2D eigenvalue weighted by molar-refractivity contribution is 6.12. The van der Waals surface area contributed by atoms with Crippen LogP contribution in [0.25, 0.3) is 77.4 Å². The van der Waals surface area contributed by atoms with Crippen LogP contribution >= 0.6 is 0 Å². The molecule has 0 aliphatic heterocycles. The Morgan fingerprint density at radius 1 is 0.478 bits per heavy atom. The molecular weight excluding hydrogens is 843 g/mol. The Hall–Kier alpha value is -8.87. The van der Waals surface area contributed by atoms with Gasteiger partial charge in [0.1, 0.15) is 17.3 Å². The van der Waals surface area contributed by atoms with Crippen LogP contribution in [-0.2, 0) is 5.41 Å². The van der Waals surface area contributed by atoms with E-state index in [-0.39, 0.29) is 33.4 Å². The van der Waals surface area contributed by atoms with Crippen molar-refractivity contribution < 1.29 is 18.4 Å². The first-order valence-corrected chi connectivity index (χ1v) is 22.7. The van der Waals surface area contributed by atoms with Gasteiger partial charge in [0, 0.05) is 62.4 Å². The van der Waals surface area contributed by atoms with Gasteiger partial charge in [-0.15, -0.1) is 0 Å². The number of aromatic nitrogens is 3. The van der Waals surface area contributed by atoms with Gasteiger partial charge >= 0.3 is 0 Å². The lowest BCUT2D eigenvalue weighted by Crippen LogP contribution is -2.12. The van der Waals surface area contributed by atoms with E-state index in [1.165, 1.54) is 10.8 Å². The predicted molar refractivity (Wildman–Crippen MR) is 288 cm³/mol. The van der Waals surface area contributed by atoms with Crippen LogP contribution in [0.2, 0.25) is 0 Å². The Bertz CT molecular complexity index is 4290. The number of fused-ring (bicyclic) bond motifs is 6. The van der Waals surface area contributed by atoms with Crippen molar-refractivity contribution in [1.29, 1.82) is 0 Å². The van der Waals surface area contributed by atoms with Crippen LogP contribution < -0.4 is 15.4 Å². The van der Waals surface area contributed by atoms with E-state index in [1.807, 2.05) is 54.7 Å². The Labute approximate surface area is 415 Å². The van der Waals surface area contributed by atoms with Crippen molar-refractivity contribution >= 4 is 66.4 Å². The van der Waals surface area contributed by atoms with Crippen LogP contribution in [0, 0.1) is 0 Å². The monoisotopic (exact) mass is 901 g/mol. The van der Waals surface area contributed by atoms with E-state index < -0.39 is 60.4 Å². The van der Waals surface area contributed by atoms with E-state index in [0.717, 1.165) is 49.9 Å². The molecule has 2 N–H and O–H groups in total. The lowest BCUT2D eigenvalue weighted by molar-refractivity contribution is 0.483. The van der Waals surface area contributed by atoms with Gasteiger partial charge in [0.15, 0.2) is 0 Å². The average Bonchev–Trinajstić information content (AvgIpc) is 4.21. The number of rotatable bonds is 10. The van der Waals surface area contributed by atoms with Gasteiger partial charge in [-0.3, -0.25) is 4.57 Å². The fraction of sp³-hybridized carbons (Fsp3) is 0.0635. The maximum atomic E-state index is 8.93. The Balaban J connectivity index is 0.931. The number of hydrogen-bond acceptors (Lipinski definition) is 4. The molecule has 0 unspecified atom stereocenters. The average molecular weight is 902 g/mol. The Morgan fingerprint density at radius 3 is 1.75 bits per heavy atom. The second-order valence-corrected chi connectivity index (χ2v) is 17.9. The zero-order chi connectivity index (χ0) is 55.2. The van der Waals surface area contributed by atoms with Gasteiger partial charge in [0.25, 0.3) is 0 Å². The van der Waals surface area contributed by atoms with Gasteiger partial charge in [0.05, 0.1) is 52.8 Å². The lowest BCUT2D eigenvalue weighted by Gasteiger charge is -2.20. The third-order valence-electron chi connectivity index (χ3n) is 12.5. The molecule has 3 aromatic heterocycles. The summed E-state index contributed by atoms with van der Waals surface area (Å²) in [6.07, 6.45) is 1.87. The topological polar surface area (TPSA) is 56.0 Å². The second-order valence-electron chi connectivity index (χ2n) is 17.9. The van der Waals surface area contributed by atoms with Gasteiger partial charge in [-0.2, -0.15) is 0 Å². The number of anilines is 4. The molecule has 0 atom stereocenters. The molecule has 0 aliphatic rings. The number of nitrogens with zero attached hydrogens (tertiary/aromatic N) is 3. The lowest BCUT2D eigenvalue weighted by atomic mass is 9.88. The minimum Gasteiger partial charge on any atom is -0.457 e. The number of benzene rings is 9. The van der Waals surface area contributed by atoms with Crippen molar-refractivity contribution in [3.63, 3.8) is 0 Å². The third kappa shape index (κ3) is 7.72. The number of ether oxygens (including phenoxy) is 1. The van der Waals surface area contributed by atoms with Crippen molar-refractivity contribution in [2.45, 2.75) is 26.2 Å². The molecule has 332 valence electrons. The van der Waals surface area contributed by atoms with Crippen LogP contribution in [0.4, 0.5) is 22.7 Å². The van der Waals surface area contributed by atoms with E-state index in [9.17, 15) is 0 Å². The molecule has 0 spiro atoms. The van der Waals surface area contributed by atoms with E-state index in [1.54, 1.807) is 30.3 Å². The van der Waals surface area contributed by atoms with Gasteiger partial charge in [-0.25, -0.2) is 4.98 Å². The predicted octanol–water partition coefficient (Wildman–Crippen LogP) is 17.2. The fourth-order valence-corrected chi connectivity index (χ4v) is 9.28. The first-order chi connectivity index (χ1) is 38.0. The number of para-hydroxylation sites is 5. The number of hydrogen-bond donors (Lipinski definition) is 2. The molecule has 9 aromatic carbocycles. The summed E-state index contributed by atoms with van der Waals surface area (Å²) < 4.78 is 97.5. The summed E-state index contributed by atoms with van der Waals surface area (Å²) in [4.78, 5) is 4.95. The van der Waals surface area contributed by atoms with Gasteiger partial charge in [-0.05, 0) is 101 Å². The molecule has 0 bridgehead atoms. The molecule has 0 fully saturated rings. The quantitative estimate of drug-likeness (QED) is 0.144. The summed E-state index contributed by atoms with van der Waals surface area (Å²) in [6.45, 7) is 6.58. The zero-order valence-electron chi connectivity index (χ0n) is 47.9. The van der Waals surface area contributed by atoms with E-state index in [4.69, 9.17) is 23.4 Å². The smallest absolute Gasteiger partial charge is 0.137 e. The molecular formula is C63H49N5O. The largest absolute Gasteiger partial charge is 0.457 e. The van der Waals surface area contributed by atoms with Crippen LogP contribution in [0.5, 0.6) is 11.5 Å². The van der Waals surface area contributed by atoms with Gasteiger partial charge in [-0.1, -0.05) is 154 Å². The summed E-state index contributed by atoms with van der Waals surface area (Å²) in [5.41, 5.74) is 8.08. The SMILES string of the molecule is [2H]c1c([2H])c([2H])c(-c2cccc(-c3c([2H])c([2H])c([2H])c([2H])c3[2H])c2Nc2ccccc2Nc2cccc(Oc3ccc4c5cc(-n6c7ccccc7c7ccccc76)ccc5n(-c5cc(C(C)(C)C)ccn5)c4c3)c2)c([2H])c1[2H]. The minimum absolute atomic E-state index is 0.125. The van der Waals surface area contributed by atoms with Crippen LogP contribution in [0.15, 0.2) is 230 Å². The molecule has 0 aliphatic carbocycles. The Morgan fingerprint density at radius 2 is 1.07 bits per heavy atom. The van der Waals surface area contributed by atoms with E-state index >= 15 is 0 Å². The molecule has 0 saturated heterocycles. The highest BCUT2D eigenvalue weighted by Gasteiger charge is 2.21. The van der Waals surface area contributed by atoms with Crippen molar-refractivity contribution in [2.75, 3.05) is 10.6 Å². The molecule has 6 nitrogen and oxygen atoms in total. The molecule has 3 heterocycles. The molecule has 0 radical (unpaired) electrons. The molecule has 69 heavy (non-hydrogen) atoms. The Kier molecular flexibility index (Phi) is 7.91. The summed E-state index contributed by atoms with van der Waals surface area (Å²) in [7, 11) is 0. The fourth-order valence-electron chi connectivity index (χ4n) is 9.28. The number of pyridine rings is 1.